The largest absolute Gasteiger partial charge is 0.457 e. The molecule has 0 bridgehead atoms. The highest BCUT2D eigenvalue weighted by Gasteiger charge is 2.44. The van der Waals surface area contributed by atoms with E-state index in [1.165, 1.54) is 116 Å². The molecule has 0 amide bonds. The Morgan fingerprint density at radius 3 is 1.46 bits per heavy atom. The van der Waals surface area contributed by atoms with Gasteiger partial charge in [0.25, 0.3) is 0 Å². The summed E-state index contributed by atoms with van der Waals surface area (Å²) in [6.45, 7) is 4.45. The molecule has 0 aromatic rings. The molecule has 1 saturated heterocycles. The minimum absolute atomic E-state index is 0.117. The molecule has 9 heteroatoms. The maximum atomic E-state index is 12.8. The Balaban J connectivity index is 2.20. The number of allylic oxidation sites excluding steroid dienone is 10. The van der Waals surface area contributed by atoms with Crippen LogP contribution in [0.1, 0.15) is 213 Å². The molecule has 0 radical (unpaired) electrons. The number of hydrogen-bond acceptors (Lipinski definition) is 9. The summed E-state index contributed by atoms with van der Waals surface area (Å²) in [5.41, 5.74) is 0. The zero-order chi connectivity index (χ0) is 45.7. The summed E-state index contributed by atoms with van der Waals surface area (Å²) in [5, 5.41) is 40.2. The number of aliphatic hydroxyl groups excluding tert-OH is 4. The number of carbonyl (C=O) groups is 1. The van der Waals surface area contributed by atoms with E-state index in [0.717, 1.165) is 77.0 Å². The number of carbonyl (C=O) groups excluding carboxylic acids is 1. The lowest BCUT2D eigenvalue weighted by Crippen LogP contribution is -2.59. The number of rotatable bonds is 44. The van der Waals surface area contributed by atoms with Crippen molar-refractivity contribution in [1.82, 2.24) is 0 Å². The van der Waals surface area contributed by atoms with Gasteiger partial charge in [-0.3, -0.25) is 4.79 Å². The van der Waals surface area contributed by atoms with Crippen molar-refractivity contribution in [1.29, 1.82) is 0 Å². The van der Waals surface area contributed by atoms with E-state index in [9.17, 15) is 25.2 Å². The second kappa shape index (κ2) is 45.1. The summed E-state index contributed by atoms with van der Waals surface area (Å²) in [6, 6.07) is 0. The molecule has 1 aliphatic rings. The van der Waals surface area contributed by atoms with Crippen LogP contribution < -0.4 is 0 Å². The van der Waals surface area contributed by atoms with Crippen LogP contribution in [0.15, 0.2) is 60.8 Å². The molecule has 0 aromatic carbocycles. The van der Waals surface area contributed by atoms with E-state index in [0.29, 0.717) is 13.0 Å². The Bertz CT molecular complexity index is 1150. The average molecular weight is 889 g/mol. The molecule has 6 unspecified atom stereocenters. The van der Waals surface area contributed by atoms with Crippen molar-refractivity contribution < 1.29 is 44.2 Å². The maximum absolute atomic E-state index is 12.8. The Morgan fingerprint density at radius 1 is 0.524 bits per heavy atom. The molecule has 0 spiro atoms. The molecule has 366 valence electrons. The third-order valence-electron chi connectivity index (χ3n) is 11.7. The lowest BCUT2D eigenvalue weighted by Gasteiger charge is -2.39. The third kappa shape index (κ3) is 35.8. The van der Waals surface area contributed by atoms with Crippen LogP contribution in [0, 0.1) is 0 Å². The quantitative estimate of drug-likeness (QED) is 0.0268. The number of aliphatic hydroxyl groups is 4. The minimum Gasteiger partial charge on any atom is -0.457 e. The number of hydrogen-bond donors (Lipinski definition) is 4. The van der Waals surface area contributed by atoms with Crippen molar-refractivity contribution >= 4 is 5.97 Å². The van der Waals surface area contributed by atoms with Gasteiger partial charge in [0.1, 0.15) is 30.5 Å². The normalized spacial score (nSPS) is 20.1. The molecular formula is C54H96O9. The molecule has 4 N–H and O–H groups in total. The van der Waals surface area contributed by atoms with Crippen LogP contribution in [0.2, 0.25) is 0 Å². The van der Waals surface area contributed by atoms with E-state index >= 15 is 0 Å². The van der Waals surface area contributed by atoms with Crippen LogP contribution in [-0.4, -0.2) is 89.6 Å². The van der Waals surface area contributed by atoms with Crippen molar-refractivity contribution in [3.8, 4) is 0 Å². The van der Waals surface area contributed by atoms with Gasteiger partial charge in [0, 0.05) is 13.0 Å². The summed E-state index contributed by atoms with van der Waals surface area (Å²) in [7, 11) is 0. The standard InChI is InChI=1S/C54H96O9/c1-3-5-7-9-11-13-15-17-19-21-22-23-24-25-26-27-28-30-32-34-36-38-40-42-44-60-46-48(47-61-54-53(59)52(58)51(57)49(45-55)63-54)62-50(56)43-41-39-37-35-33-31-29-20-18-16-14-12-10-8-6-4-2/h5,7,11,13,17,19,22-23,25-26,48-49,51-55,57-59H,3-4,6,8-10,12,14-16,18,20-21,24,27-47H2,1-2H3/b7-5-,13-11-,19-17-,23-22-,26-25-. The van der Waals surface area contributed by atoms with Crippen LogP contribution >= 0.6 is 0 Å². The van der Waals surface area contributed by atoms with Gasteiger partial charge in [-0.1, -0.05) is 209 Å². The minimum atomic E-state index is -1.54. The maximum Gasteiger partial charge on any atom is 0.306 e. The van der Waals surface area contributed by atoms with Crippen molar-refractivity contribution in [3.63, 3.8) is 0 Å². The fourth-order valence-electron chi connectivity index (χ4n) is 7.70. The van der Waals surface area contributed by atoms with E-state index in [4.69, 9.17) is 18.9 Å². The van der Waals surface area contributed by atoms with Crippen molar-refractivity contribution in [3.05, 3.63) is 60.8 Å². The van der Waals surface area contributed by atoms with E-state index < -0.39 is 43.4 Å². The van der Waals surface area contributed by atoms with E-state index in [1.807, 2.05) is 0 Å². The SMILES string of the molecule is CC/C=C\C/C=C\C/C=C\C/C=C\C/C=C\CCCCCCCCCCOCC(COC1OC(CO)C(O)C(O)C1O)OC(=O)CCCCCCCCCCCCCCCCCC. The molecular weight excluding hydrogens is 793 g/mol. The highest BCUT2D eigenvalue weighted by atomic mass is 16.7. The predicted octanol–water partition coefficient (Wildman–Crippen LogP) is 12.6. The molecule has 63 heavy (non-hydrogen) atoms. The highest BCUT2D eigenvalue weighted by Crippen LogP contribution is 2.23. The van der Waals surface area contributed by atoms with E-state index in [2.05, 4.69) is 74.6 Å². The second-order valence-corrected chi connectivity index (χ2v) is 17.6. The lowest BCUT2D eigenvalue weighted by atomic mass is 9.99. The third-order valence-corrected chi connectivity index (χ3v) is 11.7. The van der Waals surface area contributed by atoms with Gasteiger partial charge in [0.2, 0.25) is 0 Å². The van der Waals surface area contributed by atoms with Crippen LogP contribution in [0.4, 0.5) is 0 Å². The number of ether oxygens (including phenoxy) is 4. The summed E-state index contributed by atoms with van der Waals surface area (Å²) in [4.78, 5) is 12.8. The second-order valence-electron chi connectivity index (χ2n) is 17.6. The Hall–Kier alpha value is -2.11. The zero-order valence-electron chi connectivity index (χ0n) is 40.3. The van der Waals surface area contributed by atoms with Crippen molar-refractivity contribution in [2.24, 2.45) is 0 Å². The van der Waals surface area contributed by atoms with Gasteiger partial charge in [0.15, 0.2) is 6.29 Å². The van der Waals surface area contributed by atoms with Crippen molar-refractivity contribution in [2.75, 3.05) is 26.4 Å². The molecule has 1 aliphatic heterocycles. The molecule has 1 fully saturated rings. The van der Waals surface area contributed by atoms with Crippen LogP contribution in [0.3, 0.4) is 0 Å². The monoisotopic (exact) mass is 889 g/mol. The fourth-order valence-corrected chi connectivity index (χ4v) is 7.70. The summed E-state index contributed by atoms with van der Waals surface area (Å²) in [5.74, 6) is -0.316. The molecule has 0 aliphatic carbocycles. The Kier molecular flexibility index (Phi) is 42.1. The van der Waals surface area contributed by atoms with Gasteiger partial charge >= 0.3 is 5.97 Å². The van der Waals surface area contributed by atoms with Gasteiger partial charge in [-0.2, -0.15) is 0 Å². The van der Waals surface area contributed by atoms with Gasteiger partial charge in [-0.25, -0.2) is 0 Å². The van der Waals surface area contributed by atoms with Gasteiger partial charge in [-0.15, -0.1) is 0 Å². The topological polar surface area (TPSA) is 135 Å². The van der Waals surface area contributed by atoms with Crippen LogP contribution in [-0.2, 0) is 23.7 Å². The van der Waals surface area contributed by atoms with Gasteiger partial charge < -0.3 is 39.4 Å². The molecule has 0 saturated carbocycles. The highest BCUT2D eigenvalue weighted by molar-refractivity contribution is 5.69. The molecule has 9 nitrogen and oxygen atoms in total. The van der Waals surface area contributed by atoms with Crippen LogP contribution in [0.5, 0.6) is 0 Å². The predicted molar refractivity (Wildman–Crippen MR) is 261 cm³/mol. The first-order valence-electron chi connectivity index (χ1n) is 25.9. The molecule has 1 heterocycles. The Morgan fingerprint density at radius 2 is 0.968 bits per heavy atom. The van der Waals surface area contributed by atoms with Gasteiger partial charge in [-0.05, 0) is 57.8 Å². The van der Waals surface area contributed by atoms with Crippen molar-refractivity contribution in [2.45, 2.75) is 250 Å². The molecule has 6 atom stereocenters. The first-order valence-corrected chi connectivity index (χ1v) is 25.9. The Labute approximate surface area is 385 Å². The number of esters is 1. The average Bonchev–Trinajstić information content (AvgIpc) is 3.28. The fraction of sp³-hybridized carbons (Fsp3) is 0.796. The summed E-state index contributed by atoms with van der Waals surface area (Å²) < 4.78 is 22.9. The molecule has 1 rings (SSSR count). The zero-order valence-corrected chi connectivity index (χ0v) is 40.3. The van der Waals surface area contributed by atoms with E-state index in [1.54, 1.807) is 0 Å². The molecule has 0 aromatic heterocycles. The first-order chi connectivity index (χ1) is 30.9. The number of unbranched alkanes of at least 4 members (excludes halogenated alkanes) is 23. The van der Waals surface area contributed by atoms with Crippen LogP contribution in [0.25, 0.3) is 0 Å². The smallest absolute Gasteiger partial charge is 0.306 e. The van der Waals surface area contributed by atoms with Gasteiger partial charge in [0.05, 0.1) is 19.8 Å². The first kappa shape index (κ1) is 58.9. The van der Waals surface area contributed by atoms with E-state index in [-0.39, 0.29) is 19.2 Å². The lowest BCUT2D eigenvalue weighted by molar-refractivity contribution is -0.305. The summed E-state index contributed by atoms with van der Waals surface area (Å²) in [6.07, 6.45) is 51.1. The summed E-state index contributed by atoms with van der Waals surface area (Å²) >= 11 is 0.